The van der Waals surface area contributed by atoms with Gasteiger partial charge in [0.05, 0.1) is 25.9 Å². The lowest BCUT2D eigenvalue weighted by Gasteiger charge is -2.10. The normalized spacial score (nSPS) is 9.83. The lowest BCUT2D eigenvalue weighted by Crippen LogP contribution is -2.04. The highest BCUT2D eigenvalue weighted by atomic mass is 16.5. The molecule has 0 saturated carbocycles. The van der Waals surface area contributed by atoms with Gasteiger partial charge in [-0.15, -0.1) is 6.42 Å². The maximum atomic E-state index is 11.1. The first-order chi connectivity index (χ1) is 8.71. The number of furan rings is 1. The molecule has 0 saturated heterocycles. The predicted molar refractivity (Wildman–Crippen MR) is 63.8 cm³/mol. The second-order valence-electron chi connectivity index (χ2n) is 3.31. The number of carbonyl (C=O) groups excluding carboxylic acids is 1. The molecule has 2 aromatic rings. The quantitative estimate of drug-likeness (QED) is 0.359. The zero-order valence-electron chi connectivity index (χ0n) is 9.85. The Morgan fingerprint density at radius 2 is 2.11 bits per heavy atom. The summed E-state index contributed by atoms with van der Waals surface area (Å²) in [7, 11) is 2.96. The van der Waals surface area contributed by atoms with Crippen LogP contribution in [0.4, 0.5) is 0 Å². The molecule has 1 aromatic carbocycles. The van der Waals surface area contributed by atoms with Gasteiger partial charge in [-0.3, -0.25) is 0 Å². The van der Waals surface area contributed by atoms with Crippen molar-refractivity contribution < 1.29 is 23.4 Å². The van der Waals surface area contributed by atoms with Crippen molar-refractivity contribution in [1.29, 1.82) is 0 Å². The molecule has 0 radical (unpaired) electrons. The van der Waals surface area contributed by atoms with Gasteiger partial charge >= 0.3 is 5.97 Å². The standard InChI is InChI=1S/C13H10O5/c1-4-11(14)18-9-7-10(15-2)13(16-3)12-8(9)5-6-17-12/h1,5-7H,2-3H3. The van der Waals surface area contributed by atoms with E-state index in [0.717, 1.165) is 0 Å². The van der Waals surface area contributed by atoms with E-state index < -0.39 is 5.97 Å². The van der Waals surface area contributed by atoms with Gasteiger partial charge in [0.2, 0.25) is 5.75 Å². The van der Waals surface area contributed by atoms with Crippen molar-refractivity contribution in [2.24, 2.45) is 0 Å². The summed E-state index contributed by atoms with van der Waals surface area (Å²) in [6.07, 6.45) is 6.42. The largest absolute Gasteiger partial charge is 0.493 e. The highest BCUT2D eigenvalue weighted by molar-refractivity contribution is 5.96. The zero-order valence-corrected chi connectivity index (χ0v) is 9.85. The van der Waals surface area contributed by atoms with Crippen molar-refractivity contribution in [1.82, 2.24) is 0 Å². The van der Waals surface area contributed by atoms with Gasteiger partial charge in [0.1, 0.15) is 5.75 Å². The minimum absolute atomic E-state index is 0.263. The van der Waals surface area contributed by atoms with Crippen molar-refractivity contribution >= 4 is 16.9 Å². The summed E-state index contributed by atoms with van der Waals surface area (Å²) in [5.41, 5.74) is 0.427. The Morgan fingerprint density at radius 3 is 2.72 bits per heavy atom. The molecular weight excluding hydrogens is 236 g/mol. The number of hydrogen-bond acceptors (Lipinski definition) is 5. The molecule has 0 aliphatic heterocycles. The van der Waals surface area contributed by atoms with Crippen LogP contribution < -0.4 is 14.2 Å². The molecule has 0 atom stereocenters. The number of benzene rings is 1. The average molecular weight is 246 g/mol. The number of hydrogen-bond donors (Lipinski definition) is 0. The SMILES string of the molecule is C#CC(=O)Oc1cc(OC)c(OC)c2occc12. The Kier molecular flexibility index (Phi) is 3.11. The summed E-state index contributed by atoms with van der Waals surface area (Å²) in [4.78, 5) is 11.1. The van der Waals surface area contributed by atoms with Crippen LogP contribution in [0.2, 0.25) is 0 Å². The van der Waals surface area contributed by atoms with Gasteiger partial charge in [0.25, 0.3) is 0 Å². The predicted octanol–water partition coefficient (Wildman–Crippen LogP) is 1.99. The third kappa shape index (κ3) is 1.84. The monoisotopic (exact) mass is 246 g/mol. The van der Waals surface area contributed by atoms with E-state index in [4.69, 9.17) is 25.1 Å². The Morgan fingerprint density at radius 1 is 1.33 bits per heavy atom. The van der Waals surface area contributed by atoms with Crippen LogP contribution in [0.3, 0.4) is 0 Å². The van der Waals surface area contributed by atoms with E-state index in [1.54, 1.807) is 6.07 Å². The van der Waals surface area contributed by atoms with Crippen LogP contribution in [0.1, 0.15) is 0 Å². The van der Waals surface area contributed by atoms with E-state index in [0.29, 0.717) is 22.5 Å². The Labute approximate surface area is 103 Å². The molecule has 0 bridgehead atoms. The molecule has 0 aliphatic rings. The van der Waals surface area contributed by atoms with Gasteiger partial charge in [-0.2, -0.15) is 0 Å². The first-order valence-corrected chi connectivity index (χ1v) is 5.01. The van der Waals surface area contributed by atoms with Crippen molar-refractivity contribution in [2.45, 2.75) is 0 Å². The topological polar surface area (TPSA) is 57.9 Å². The maximum absolute atomic E-state index is 11.1. The van der Waals surface area contributed by atoms with Crippen molar-refractivity contribution in [3.8, 4) is 29.6 Å². The van der Waals surface area contributed by atoms with E-state index in [2.05, 4.69) is 0 Å². The summed E-state index contributed by atoms with van der Waals surface area (Å²) in [6.45, 7) is 0. The van der Waals surface area contributed by atoms with E-state index in [-0.39, 0.29) is 5.75 Å². The van der Waals surface area contributed by atoms with Crippen LogP contribution in [-0.4, -0.2) is 20.2 Å². The molecule has 0 fully saturated rings. The highest BCUT2D eigenvalue weighted by Crippen LogP contribution is 2.41. The van der Waals surface area contributed by atoms with Crippen LogP contribution in [-0.2, 0) is 4.79 Å². The zero-order chi connectivity index (χ0) is 13.1. The van der Waals surface area contributed by atoms with Gasteiger partial charge in [0, 0.05) is 12.0 Å². The lowest BCUT2D eigenvalue weighted by molar-refractivity contribution is -0.127. The Bertz CT molecular complexity index is 633. The third-order valence-corrected chi connectivity index (χ3v) is 2.37. The van der Waals surface area contributed by atoms with E-state index >= 15 is 0 Å². The molecule has 0 aliphatic carbocycles. The Balaban J connectivity index is 2.64. The average Bonchev–Trinajstić information content (AvgIpc) is 2.87. The molecule has 1 heterocycles. The summed E-state index contributed by atoms with van der Waals surface area (Å²) in [5, 5.41) is 0.580. The summed E-state index contributed by atoms with van der Waals surface area (Å²) in [5.74, 6) is 2.17. The van der Waals surface area contributed by atoms with Crippen LogP contribution >= 0.6 is 0 Å². The molecule has 0 amide bonds. The van der Waals surface area contributed by atoms with Crippen LogP contribution in [0.5, 0.6) is 17.2 Å². The van der Waals surface area contributed by atoms with E-state index in [1.807, 2.05) is 5.92 Å². The molecule has 0 N–H and O–H groups in total. The molecule has 0 spiro atoms. The van der Waals surface area contributed by atoms with Crippen molar-refractivity contribution in [3.05, 3.63) is 18.4 Å². The fourth-order valence-corrected chi connectivity index (χ4v) is 1.61. The van der Waals surface area contributed by atoms with Gasteiger partial charge in [-0.05, 0) is 6.07 Å². The number of methoxy groups -OCH3 is 2. The smallest absolute Gasteiger partial charge is 0.389 e. The number of terminal acetylenes is 1. The molecule has 5 nitrogen and oxygen atoms in total. The van der Waals surface area contributed by atoms with Gasteiger partial charge in [-0.25, -0.2) is 4.79 Å². The van der Waals surface area contributed by atoms with E-state index in [1.165, 1.54) is 26.5 Å². The highest BCUT2D eigenvalue weighted by Gasteiger charge is 2.18. The van der Waals surface area contributed by atoms with Crippen LogP contribution in [0.15, 0.2) is 22.8 Å². The fourth-order valence-electron chi connectivity index (χ4n) is 1.61. The molecule has 18 heavy (non-hydrogen) atoms. The minimum Gasteiger partial charge on any atom is -0.493 e. The number of fused-ring (bicyclic) bond motifs is 1. The van der Waals surface area contributed by atoms with Crippen molar-refractivity contribution in [3.63, 3.8) is 0 Å². The summed E-state index contributed by atoms with van der Waals surface area (Å²) in [6, 6.07) is 3.17. The second kappa shape index (κ2) is 4.72. The number of rotatable bonds is 3. The first-order valence-electron chi connectivity index (χ1n) is 5.01. The number of ether oxygens (including phenoxy) is 3. The first kappa shape index (κ1) is 11.9. The molecule has 5 heteroatoms. The van der Waals surface area contributed by atoms with Crippen molar-refractivity contribution in [2.75, 3.05) is 14.2 Å². The summed E-state index contributed by atoms with van der Waals surface area (Å²) < 4.78 is 20.6. The van der Waals surface area contributed by atoms with Gasteiger partial charge in [-0.1, -0.05) is 0 Å². The third-order valence-electron chi connectivity index (χ3n) is 2.37. The number of carbonyl (C=O) groups is 1. The van der Waals surface area contributed by atoms with Gasteiger partial charge in [0.15, 0.2) is 11.3 Å². The maximum Gasteiger partial charge on any atom is 0.389 e. The van der Waals surface area contributed by atoms with Crippen LogP contribution in [0.25, 0.3) is 11.0 Å². The van der Waals surface area contributed by atoms with E-state index in [9.17, 15) is 4.79 Å². The molecular formula is C13H10O5. The second-order valence-corrected chi connectivity index (χ2v) is 3.31. The van der Waals surface area contributed by atoms with Crippen LogP contribution in [0, 0.1) is 12.3 Å². The van der Waals surface area contributed by atoms with Gasteiger partial charge < -0.3 is 18.6 Å². The number of esters is 1. The summed E-state index contributed by atoms with van der Waals surface area (Å²) >= 11 is 0. The molecule has 2 rings (SSSR count). The minimum atomic E-state index is -0.787. The molecule has 92 valence electrons. The Hall–Kier alpha value is -2.61. The molecule has 1 aromatic heterocycles. The lowest BCUT2D eigenvalue weighted by atomic mass is 10.2. The molecule has 0 unspecified atom stereocenters. The fraction of sp³-hybridized carbons (Fsp3) is 0.154.